The van der Waals surface area contributed by atoms with Gasteiger partial charge in [0.05, 0.1) is 0 Å². The molecule has 1 aromatic carbocycles. The van der Waals surface area contributed by atoms with Crippen molar-refractivity contribution in [1.29, 1.82) is 0 Å². The number of carbonyl (C=O) groups is 1. The first-order valence-corrected chi connectivity index (χ1v) is 7.86. The van der Waals surface area contributed by atoms with Gasteiger partial charge in [-0.2, -0.15) is 11.8 Å². The van der Waals surface area contributed by atoms with E-state index in [1.54, 1.807) is 24.3 Å². The summed E-state index contributed by atoms with van der Waals surface area (Å²) in [7, 11) is 0. The predicted molar refractivity (Wildman–Crippen MR) is 81.4 cm³/mol. The van der Waals surface area contributed by atoms with E-state index in [2.05, 4.69) is 16.7 Å². The van der Waals surface area contributed by atoms with Crippen LogP contribution in [-0.4, -0.2) is 34.5 Å². The number of nitrogens with two attached hydrogens (primary N) is 1. The average Bonchev–Trinajstić information content (AvgIpc) is 2.93. The maximum Gasteiger partial charge on any atom is 0.251 e. The van der Waals surface area contributed by atoms with E-state index in [1.165, 1.54) is 6.42 Å². The Bertz CT molecular complexity index is 502. The van der Waals surface area contributed by atoms with Gasteiger partial charge in [0.25, 0.3) is 5.91 Å². The molecule has 1 aliphatic carbocycles. The summed E-state index contributed by atoms with van der Waals surface area (Å²) in [5, 5.41) is 15.1. The van der Waals surface area contributed by atoms with Crippen molar-refractivity contribution in [2.45, 2.75) is 30.6 Å². The minimum Gasteiger partial charge on any atom is -0.409 e. The van der Waals surface area contributed by atoms with Crippen LogP contribution in [0.1, 0.15) is 35.2 Å². The Morgan fingerprint density at radius 3 is 2.60 bits per heavy atom. The lowest BCUT2D eigenvalue weighted by molar-refractivity contribution is 0.0938. The lowest BCUT2D eigenvalue weighted by Crippen LogP contribution is -2.38. The van der Waals surface area contributed by atoms with Crippen molar-refractivity contribution in [3.8, 4) is 0 Å². The van der Waals surface area contributed by atoms with Crippen molar-refractivity contribution < 1.29 is 10.0 Å². The number of amidine groups is 1. The van der Waals surface area contributed by atoms with Gasteiger partial charge in [-0.05, 0) is 31.2 Å². The van der Waals surface area contributed by atoms with Crippen LogP contribution >= 0.6 is 11.8 Å². The molecule has 5 nitrogen and oxygen atoms in total. The molecular formula is C14H19N3O2S. The monoisotopic (exact) mass is 293 g/mol. The van der Waals surface area contributed by atoms with Crippen molar-refractivity contribution in [2.75, 3.05) is 6.26 Å². The van der Waals surface area contributed by atoms with Gasteiger partial charge in [-0.25, -0.2) is 0 Å². The number of carbonyl (C=O) groups excluding carboxylic acids is 1. The zero-order chi connectivity index (χ0) is 14.5. The number of amides is 1. The van der Waals surface area contributed by atoms with E-state index in [-0.39, 0.29) is 17.8 Å². The molecular weight excluding hydrogens is 274 g/mol. The molecule has 0 saturated heterocycles. The Hall–Kier alpha value is -1.69. The third-order valence-corrected chi connectivity index (χ3v) is 4.79. The van der Waals surface area contributed by atoms with Gasteiger partial charge in [-0.15, -0.1) is 0 Å². The molecule has 0 bridgehead atoms. The molecule has 2 unspecified atom stereocenters. The van der Waals surface area contributed by atoms with Gasteiger partial charge in [0.2, 0.25) is 0 Å². The smallest absolute Gasteiger partial charge is 0.251 e. The van der Waals surface area contributed by atoms with Gasteiger partial charge in [-0.3, -0.25) is 4.79 Å². The van der Waals surface area contributed by atoms with E-state index < -0.39 is 0 Å². The standard InChI is InChI=1S/C14H19N3O2S/c1-20-12-4-2-3-11(12)16-14(18)10-7-5-9(6-8-10)13(15)17-19/h5-8,11-12,19H,2-4H2,1H3,(H2,15,17)(H,16,18). The number of thioether (sulfide) groups is 1. The number of rotatable bonds is 4. The van der Waals surface area contributed by atoms with Crippen molar-refractivity contribution >= 4 is 23.5 Å². The summed E-state index contributed by atoms with van der Waals surface area (Å²) >= 11 is 1.81. The molecule has 0 spiro atoms. The highest BCUT2D eigenvalue weighted by Gasteiger charge is 2.27. The highest BCUT2D eigenvalue weighted by Crippen LogP contribution is 2.28. The topological polar surface area (TPSA) is 87.7 Å². The van der Waals surface area contributed by atoms with Crippen LogP contribution in [0.15, 0.2) is 29.4 Å². The van der Waals surface area contributed by atoms with Crippen molar-refractivity contribution in [2.24, 2.45) is 10.9 Å². The highest BCUT2D eigenvalue weighted by molar-refractivity contribution is 7.99. The first-order chi connectivity index (χ1) is 9.65. The number of hydrogen-bond acceptors (Lipinski definition) is 4. The van der Waals surface area contributed by atoms with Crippen LogP contribution in [0.25, 0.3) is 0 Å². The Balaban J connectivity index is 2.02. The van der Waals surface area contributed by atoms with Crippen molar-refractivity contribution in [1.82, 2.24) is 5.32 Å². The third-order valence-electron chi connectivity index (χ3n) is 3.62. The van der Waals surface area contributed by atoms with Crippen molar-refractivity contribution in [3.63, 3.8) is 0 Å². The Labute approximate surface area is 122 Å². The van der Waals surface area contributed by atoms with Gasteiger partial charge in [0, 0.05) is 22.4 Å². The molecule has 108 valence electrons. The lowest BCUT2D eigenvalue weighted by atomic mass is 10.1. The summed E-state index contributed by atoms with van der Waals surface area (Å²) in [5.41, 5.74) is 6.66. The molecule has 0 radical (unpaired) electrons. The molecule has 6 heteroatoms. The Morgan fingerprint density at radius 1 is 1.35 bits per heavy atom. The molecule has 2 atom stereocenters. The molecule has 4 N–H and O–H groups in total. The number of hydrogen-bond donors (Lipinski definition) is 3. The second kappa shape index (κ2) is 6.65. The number of oxime groups is 1. The van der Waals surface area contributed by atoms with Gasteiger partial charge in [0.1, 0.15) is 0 Å². The molecule has 1 fully saturated rings. The maximum absolute atomic E-state index is 12.2. The van der Waals surface area contributed by atoms with E-state index in [0.717, 1.165) is 12.8 Å². The number of nitrogens with one attached hydrogen (secondary N) is 1. The zero-order valence-electron chi connectivity index (χ0n) is 11.4. The van der Waals surface area contributed by atoms with Crippen molar-refractivity contribution in [3.05, 3.63) is 35.4 Å². The second-order valence-electron chi connectivity index (χ2n) is 4.85. The fraction of sp³-hybridized carbons (Fsp3) is 0.429. The fourth-order valence-corrected chi connectivity index (χ4v) is 3.41. The summed E-state index contributed by atoms with van der Waals surface area (Å²) in [4.78, 5) is 12.2. The molecule has 20 heavy (non-hydrogen) atoms. The van der Waals surface area contributed by atoms with E-state index in [4.69, 9.17) is 10.9 Å². The molecule has 1 saturated carbocycles. The average molecular weight is 293 g/mol. The van der Waals surface area contributed by atoms with Crippen LogP contribution in [0, 0.1) is 0 Å². The van der Waals surface area contributed by atoms with Gasteiger partial charge < -0.3 is 16.3 Å². The lowest BCUT2D eigenvalue weighted by Gasteiger charge is -2.19. The first kappa shape index (κ1) is 14.7. The molecule has 2 rings (SSSR count). The number of nitrogens with zero attached hydrogens (tertiary/aromatic N) is 1. The quantitative estimate of drug-likeness (QED) is 0.342. The molecule has 0 aromatic heterocycles. The van der Waals surface area contributed by atoms with Gasteiger partial charge in [-0.1, -0.05) is 23.7 Å². The Morgan fingerprint density at radius 2 is 2.00 bits per heavy atom. The molecule has 0 heterocycles. The molecule has 1 amide bonds. The minimum absolute atomic E-state index is 0.0372. The van der Waals surface area contributed by atoms with E-state index in [9.17, 15) is 4.79 Å². The SMILES string of the molecule is CSC1CCCC1NC(=O)c1ccc(/C(N)=N/O)cc1. The van der Waals surface area contributed by atoms with Crippen LogP contribution in [0.4, 0.5) is 0 Å². The summed E-state index contributed by atoms with van der Waals surface area (Å²) in [6.45, 7) is 0. The summed E-state index contributed by atoms with van der Waals surface area (Å²) in [5.74, 6) is -0.0304. The van der Waals surface area contributed by atoms with E-state index >= 15 is 0 Å². The summed E-state index contributed by atoms with van der Waals surface area (Å²) < 4.78 is 0. The maximum atomic E-state index is 12.2. The van der Waals surface area contributed by atoms with Crippen LogP contribution in [0.3, 0.4) is 0 Å². The minimum atomic E-state index is -0.0676. The third kappa shape index (κ3) is 3.25. The largest absolute Gasteiger partial charge is 0.409 e. The van der Waals surface area contributed by atoms with Crippen LogP contribution < -0.4 is 11.1 Å². The molecule has 0 aliphatic heterocycles. The van der Waals surface area contributed by atoms with E-state index in [1.807, 2.05) is 11.8 Å². The number of benzene rings is 1. The summed E-state index contributed by atoms with van der Waals surface area (Å²) in [6, 6.07) is 6.97. The Kier molecular flexibility index (Phi) is 4.89. The fourth-order valence-electron chi connectivity index (χ4n) is 2.48. The van der Waals surface area contributed by atoms with Crippen LogP contribution in [-0.2, 0) is 0 Å². The first-order valence-electron chi connectivity index (χ1n) is 6.57. The highest BCUT2D eigenvalue weighted by atomic mass is 32.2. The predicted octanol–water partition coefficient (Wildman–Crippen LogP) is 1.79. The molecule has 1 aromatic rings. The van der Waals surface area contributed by atoms with Gasteiger partial charge in [0.15, 0.2) is 5.84 Å². The summed E-state index contributed by atoms with van der Waals surface area (Å²) in [6.07, 6.45) is 5.45. The van der Waals surface area contributed by atoms with Gasteiger partial charge >= 0.3 is 0 Å². The second-order valence-corrected chi connectivity index (χ2v) is 5.92. The van der Waals surface area contributed by atoms with Crippen LogP contribution in [0.5, 0.6) is 0 Å². The zero-order valence-corrected chi connectivity index (χ0v) is 12.2. The normalized spacial score (nSPS) is 22.8. The van der Waals surface area contributed by atoms with Crippen LogP contribution in [0.2, 0.25) is 0 Å². The molecule has 1 aliphatic rings. The van der Waals surface area contributed by atoms with E-state index in [0.29, 0.717) is 16.4 Å².